The molecule has 0 saturated heterocycles. The number of hydrogen-bond acceptors (Lipinski definition) is 4. The zero-order chi connectivity index (χ0) is 27.2. The van der Waals surface area contributed by atoms with Gasteiger partial charge < -0.3 is 15.8 Å². The maximum absolute atomic E-state index is 11.7. The third-order valence-corrected chi connectivity index (χ3v) is 8.23. The van der Waals surface area contributed by atoms with Crippen molar-refractivity contribution in [3.8, 4) is 0 Å². The molecule has 1 fully saturated rings. The summed E-state index contributed by atoms with van der Waals surface area (Å²) in [6.45, 7) is 1.96. The predicted octanol–water partition coefficient (Wildman–Crippen LogP) is 7.11. The number of carboxylic acids is 1. The highest BCUT2D eigenvalue weighted by Gasteiger charge is 2.28. The normalized spacial score (nSPS) is 24.3. The first kappa shape index (κ1) is 29.5. The Balaban J connectivity index is 1.45. The minimum absolute atomic E-state index is 0.255. The molecule has 0 bridgehead atoms. The lowest BCUT2D eigenvalue weighted by atomic mass is 9.70. The van der Waals surface area contributed by atoms with E-state index >= 15 is 0 Å². The van der Waals surface area contributed by atoms with Crippen LogP contribution < -0.4 is 5.32 Å². The van der Waals surface area contributed by atoms with Crippen LogP contribution in [0.15, 0.2) is 63.9 Å². The quantitative estimate of drug-likeness (QED) is 0.226. The maximum atomic E-state index is 11.7. The number of carbonyl (C=O) groups excluding carboxylic acids is 1. The zero-order valence-electron chi connectivity index (χ0n) is 23.0. The Kier molecular flexibility index (Phi) is 12.5. The second-order valence-corrected chi connectivity index (χ2v) is 10.9. The molecule has 1 amide bonds. The van der Waals surface area contributed by atoms with E-state index in [1.165, 1.54) is 62.3 Å². The molecule has 3 aliphatic rings. The summed E-state index contributed by atoms with van der Waals surface area (Å²) < 4.78 is 0. The van der Waals surface area contributed by atoms with Gasteiger partial charge in [0, 0.05) is 37.0 Å². The van der Waals surface area contributed by atoms with Crippen LogP contribution in [-0.2, 0) is 9.59 Å². The Morgan fingerprint density at radius 2 is 1.97 bits per heavy atom. The van der Waals surface area contributed by atoms with E-state index in [0.717, 1.165) is 54.6 Å². The highest BCUT2D eigenvalue weighted by atomic mass is 16.4. The first-order valence-corrected chi connectivity index (χ1v) is 14.4. The highest BCUT2D eigenvalue weighted by molar-refractivity contribution is 5.83. The van der Waals surface area contributed by atoms with Crippen molar-refractivity contribution >= 4 is 24.3 Å². The molecule has 1 saturated carbocycles. The average Bonchev–Trinajstić information content (AvgIpc) is 3.17. The second kappa shape index (κ2) is 16.1. The van der Waals surface area contributed by atoms with Crippen LogP contribution in [0.4, 0.5) is 0 Å². The summed E-state index contributed by atoms with van der Waals surface area (Å²) in [7, 11) is 0. The fourth-order valence-corrected chi connectivity index (χ4v) is 5.97. The molecule has 0 radical (unpaired) electrons. The minimum Gasteiger partial charge on any atom is -0.480 e. The molecular formula is C32H45N3O3. The first-order chi connectivity index (χ1) is 18.5. The number of carboxylic acid groups (broad SMARTS) is 1. The lowest BCUT2D eigenvalue weighted by Gasteiger charge is -2.35. The Morgan fingerprint density at radius 1 is 1.16 bits per heavy atom. The number of aliphatic imine (C=N–C) groups is 1. The molecule has 3 aliphatic carbocycles. The highest BCUT2D eigenvalue weighted by Crippen LogP contribution is 2.41. The van der Waals surface area contributed by atoms with E-state index in [2.05, 4.69) is 35.5 Å². The van der Waals surface area contributed by atoms with Crippen molar-refractivity contribution in [3.05, 3.63) is 58.9 Å². The molecule has 38 heavy (non-hydrogen) atoms. The Hall–Kier alpha value is -3.02. The molecule has 3 rings (SSSR count). The monoisotopic (exact) mass is 519 g/mol. The molecule has 1 atom stereocenters. The third-order valence-electron chi connectivity index (χ3n) is 8.23. The van der Waals surface area contributed by atoms with Crippen molar-refractivity contribution in [1.82, 2.24) is 5.32 Å². The average molecular weight is 520 g/mol. The summed E-state index contributed by atoms with van der Waals surface area (Å²) in [6, 6.07) is 0. The van der Waals surface area contributed by atoms with Crippen molar-refractivity contribution in [2.45, 2.75) is 90.4 Å². The third kappa shape index (κ3) is 10.0. The molecule has 0 aromatic heterocycles. The van der Waals surface area contributed by atoms with Gasteiger partial charge in [0.05, 0.1) is 0 Å². The van der Waals surface area contributed by atoms with Crippen molar-refractivity contribution in [2.75, 3.05) is 6.54 Å². The van der Waals surface area contributed by atoms with Gasteiger partial charge in [-0.05, 0) is 73.8 Å². The van der Waals surface area contributed by atoms with Gasteiger partial charge in [-0.1, -0.05) is 68.6 Å². The van der Waals surface area contributed by atoms with Gasteiger partial charge in [-0.3, -0.25) is 14.6 Å². The molecule has 6 nitrogen and oxygen atoms in total. The molecule has 0 aromatic rings. The molecule has 3 N–H and O–H groups in total. The van der Waals surface area contributed by atoms with E-state index in [9.17, 15) is 9.59 Å². The van der Waals surface area contributed by atoms with E-state index in [-0.39, 0.29) is 18.9 Å². The minimum atomic E-state index is -1.04. The van der Waals surface area contributed by atoms with E-state index in [1.807, 2.05) is 24.6 Å². The van der Waals surface area contributed by atoms with Crippen LogP contribution in [0.1, 0.15) is 90.4 Å². The van der Waals surface area contributed by atoms with E-state index in [0.29, 0.717) is 6.42 Å². The summed E-state index contributed by atoms with van der Waals surface area (Å²) in [6.07, 6.45) is 29.9. The lowest BCUT2D eigenvalue weighted by molar-refractivity contribution is -0.137. The molecular weight excluding hydrogens is 474 g/mol. The smallest absolute Gasteiger partial charge is 0.322 e. The van der Waals surface area contributed by atoms with Gasteiger partial charge in [-0.2, -0.15) is 0 Å². The Morgan fingerprint density at radius 3 is 2.66 bits per heavy atom. The van der Waals surface area contributed by atoms with E-state index < -0.39 is 5.97 Å². The van der Waals surface area contributed by atoms with Gasteiger partial charge in [-0.15, -0.1) is 0 Å². The molecule has 0 spiro atoms. The van der Waals surface area contributed by atoms with E-state index in [1.54, 1.807) is 0 Å². The maximum Gasteiger partial charge on any atom is 0.322 e. The SMILES string of the molecule is CCCC1CCC(C2CC=C(/C(C=N)=C/N=CCC3=CC=C(CCC(=O)NCC(=O)O)C=CC3)CC2)CC1. The fraction of sp³-hybridized carbons (Fsp3) is 0.562. The van der Waals surface area contributed by atoms with Crippen molar-refractivity contribution in [1.29, 1.82) is 5.41 Å². The van der Waals surface area contributed by atoms with Crippen molar-refractivity contribution in [3.63, 3.8) is 0 Å². The van der Waals surface area contributed by atoms with E-state index in [4.69, 9.17) is 10.5 Å². The fourth-order valence-electron chi connectivity index (χ4n) is 5.97. The molecule has 0 aliphatic heterocycles. The number of rotatable bonds is 13. The number of allylic oxidation sites excluding steroid dienone is 9. The number of amides is 1. The zero-order valence-corrected chi connectivity index (χ0v) is 23.0. The largest absolute Gasteiger partial charge is 0.480 e. The number of hydrogen-bond donors (Lipinski definition) is 3. The number of aliphatic carboxylic acids is 1. The van der Waals surface area contributed by atoms with Crippen LogP contribution in [0, 0.1) is 23.2 Å². The van der Waals surface area contributed by atoms with Gasteiger partial charge in [-0.25, -0.2) is 0 Å². The standard InChI is InChI=1S/C32H45N3O3/c1-2-4-24-9-12-27(13-10-24)28-14-16-29(17-15-28)30(21-33)22-34-20-19-26-6-3-5-25(7-8-26)11-18-31(36)35-23-32(37)38/h3,5,7-8,16,20-22,24,27-28,33H,2,4,6,9-15,17-19,23H2,1H3,(H,35,36)(H,37,38)/b30-22+,33-21?,34-20?. The van der Waals surface area contributed by atoms with Gasteiger partial charge in [0.25, 0.3) is 0 Å². The summed E-state index contributed by atoms with van der Waals surface area (Å²) in [5.74, 6) is 1.36. The van der Waals surface area contributed by atoms with Crippen molar-refractivity contribution in [2.24, 2.45) is 22.7 Å². The van der Waals surface area contributed by atoms with Gasteiger partial charge >= 0.3 is 5.97 Å². The lowest BCUT2D eigenvalue weighted by Crippen LogP contribution is -2.28. The number of carbonyl (C=O) groups is 2. The summed E-state index contributed by atoms with van der Waals surface area (Å²) in [4.78, 5) is 26.8. The molecule has 206 valence electrons. The summed E-state index contributed by atoms with van der Waals surface area (Å²) in [5.41, 5.74) is 4.47. The summed E-state index contributed by atoms with van der Waals surface area (Å²) in [5, 5.41) is 18.9. The van der Waals surface area contributed by atoms with Crippen LogP contribution in [0.5, 0.6) is 0 Å². The molecule has 6 heteroatoms. The van der Waals surface area contributed by atoms with Crippen LogP contribution in [0.2, 0.25) is 0 Å². The number of nitrogens with zero attached hydrogens (tertiary/aromatic N) is 1. The second-order valence-electron chi connectivity index (χ2n) is 10.9. The summed E-state index contributed by atoms with van der Waals surface area (Å²) >= 11 is 0. The predicted molar refractivity (Wildman–Crippen MR) is 156 cm³/mol. The Labute approximate surface area is 228 Å². The van der Waals surface area contributed by atoms with Crippen LogP contribution >= 0.6 is 0 Å². The molecule has 0 heterocycles. The van der Waals surface area contributed by atoms with Gasteiger partial charge in [0.15, 0.2) is 0 Å². The number of nitrogens with one attached hydrogen (secondary N) is 2. The van der Waals surface area contributed by atoms with Crippen molar-refractivity contribution < 1.29 is 14.7 Å². The van der Waals surface area contributed by atoms with Gasteiger partial charge in [0.1, 0.15) is 6.54 Å². The molecule has 0 aromatic carbocycles. The van der Waals surface area contributed by atoms with Gasteiger partial charge in [0.2, 0.25) is 5.91 Å². The Bertz CT molecular complexity index is 1010. The topological polar surface area (TPSA) is 103 Å². The van der Waals surface area contributed by atoms with Crippen LogP contribution in [0.25, 0.3) is 0 Å². The van der Waals surface area contributed by atoms with Crippen LogP contribution in [0.3, 0.4) is 0 Å². The molecule has 1 unspecified atom stereocenters. The first-order valence-electron chi connectivity index (χ1n) is 14.4. The van der Waals surface area contributed by atoms with Crippen LogP contribution in [-0.4, -0.2) is 36.0 Å².